The van der Waals surface area contributed by atoms with Crippen molar-refractivity contribution in [3.05, 3.63) is 0 Å². The summed E-state index contributed by atoms with van der Waals surface area (Å²) in [6, 6.07) is 0. The number of hydrogen-bond donors (Lipinski definition) is 2. The molecule has 110 valence electrons. The van der Waals surface area contributed by atoms with Crippen LogP contribution in [0, 0.1) is 0 Å². The van der Waals surface area contributed by atoms with Crippen molar-refractivity contribution in [1.29, 1.82) is 0 Å². The van der Waals surface area contributed by atoms with Crippen molar-refractivity contribution in [2.75, 3.05) is 33.4 Å². The topological polar surface area (TPSA) is 59.6 Å². The number of hydrogen-bond acceptors (Lipinski definition) is 4. The molecule has 0 aromatic heterocycles. The molecule has 5 heteroatoms. The van der Waals surface area contributed by atoms with E-state index in [9.17, 15) is 4.79 Å². The van der Waals surface area contributed by atoms with Gasteiger partial charge in [0.05, 0.1) is 12.1 Å². The lowest BCUT2D eigenvalue weighted by Gasteiger charge is -2.31. The lowest BCUT2D eigenvalue weighted by molar-refractivity contribution is -0.129. The lowest BCUT2D eigenvalue weighted by Crippen LogP contribution is -2.56. The van der Waals surface area contributed by atoms with Crippen molar-refractivity contribution in [3.8, 4) is 0 Å². The zero-order valence-electron chi connectivity index (χ0n) is 12.1. The number of carbonyl (C=O) groups is 1. The highest BCUT2D eigenvalue weighted by molar-refractivity contribution is 5.86. The van der Waals surface area contributed by atoms with Gasteiger partial charge in [-0.3, -0.25) is 4.79 Å². The molecule has 0 bridgehead atoms. The van der Waals surface area contributed by atoms with E-state index in [0.29, 0.717) is 19.8 Å². The molecule has 19 heavy (non-hydrogen) atoms. The van der Waals surface area contributed by atoms with Gasteiger partial charge in [0.1, 0.15) is 5.60 Å². The van der Waals surface area contributed by atoms with Gasteiger partial charge in [-0.1, -0.05) is 13.3 Å². The highest BCUT2D eigenvalue weighted by Gasteiger charge is 2.42. The summed E-state index contributed by atoms with van der Waals surface area (Å²) >= 11 is 0. The third kappa shape index (κ3) is 3.09. The first-order valence-corrected chi connectivity index (χ1v) is 7.33. The number of carbonyl (C=O) groups excluding carboxylic acids is 1. The molecule has 0 radical (unpaired) electrons. The molecule has 2 unspecified atom stereocenters. The van der Waals surface area contributed by atoms with E-state index in [1.165, 1.54) is 0 Å². The molecule has 2 aliphatic heterocycles. The van der Waals surface area contributed by atoms with Crippen LogP contribution in [-0.2, 0) is 14.3 Å². The van der Waals surface area contributed by atoms with Crippen molar-refractivity contribution in [3.63, 3.8) is 0 Å². The molecule has 0 aromatic carbocycles. The van der Waals surface area contributed by atoms with Crippen LogP contribution in [0.4, 0.5) is 0 Å². The molecule has 5 nitrogen and oxygen atoms in total. The van der Waals surface area contributed by atoms with E-state index in [2.05, 4.69) is 17.6 Å². The van der Waals surface area contributed by atoms with Gasteiger partial charge in [-0.15, -0.1) is 0 Å². The number of rotatable bonds is 6. The SMILES string of the molecule is CCCC1(C(=O)NCC2(OC)CCOC2)CCCN1. The summed E-state index contributed by atoms with van der Waals surface area (Å²) < 4.78 is 10.9. The van der Waals surface area contributed by atoms with Crippen LogP contribution < -0.4 is 10.6 Å². The standard InChI is InChI=1S/C14H26N2O3/c1-3-5-14(6-4-8-16-14)12(17)15-10-13(18-2)7-9-19-11-13/h16H,3-11H2,1-2H3,(H,15,17). The Balaban J connectivity index is 1.92. The van der Waals surface area contributed by atoms with E-state index in [-0.39, 0.29) is 17.0 Å². The molecular formula is C14H26N2O3. The van der Waals surface area contributed by atoms with Gasteiger partial charge >= 0.3 is 0 Å². The minimum Gasteiger partial charge on any atom is -0.378 e. The van der Waals surface area contributed by atoms with Crippen LogP contribution in [0.5, 0.6) is 0 Å². The van der Waals surface area contributed by atoms with Crippen LogP contribution >= 0.6 is 0 Å². The second-order valence-corrected chi connectivity index (χ2v) is 5.73. The van der Waals surface area contributed by atoms with Crippen LogP contribution in [0.1, 0.15) is 39.0 Å². The summed E-state index contributed by atoms with van der Waals surface area (Å²) in [7, 11) is 1.69. The Morgan fingerprint density at radius 1 is 1.47 bits per heavy atom. The molecule has 2 fully saturated rings. The van der Waals surface area contributed by atoms with Gasteiger partial charge in [0.2, 0.25) is 5.91 Å². The molecule has 2 atom stereocenters. The van der Waals surface area contributed by atoms with Gasteiger partial charge in [0.15, 0.2) is 0 Å². The van der Waals surface area contributed by atoms with E-state index < -0.39 is 0 Å². The van der Waals surface area contributed by atoms with Crippen LogP contribution in [0.15, 0.2) is 0 Å². The Hall–Kier alpha value is -0.650. The van der Waals surface area contributed by atoms with Crippen molar-refractivity contribution in [2.24, 2.45) is 0 Å². The van der Waals surface area contributed by atoms with E-state index in [1.807, 2.05) is 0 Å². The molecule has 0 saturated carbocycles. The van der Waals surface area contributed by atoms with Gasteiger partial charge in [-0.2, -0.15) is 0 Å². The van der Waals surface area contributed by atoms with Crippen molar-refractivity contribution >= 4 is 5.91 Å². The minimum absolute atomic E-state index is 0.121. The first-order chi connectivity index (χ1) is 9.16. The van der Waals surface area contributed by atoms with E-state index in [1.54, 1.807) is 7.11 Å². The highest BCUT2D eigenvalue weighted by atomic mass is 16.5. The normalized spacial score (nSPS) is 34.6. The molecule has 2 heterocycles. The quantitative estimate of drug-likeness (QED) is 0.750. The monoisotopic (exact) mass is 270 g/mol. The Labute approximate surface area is 115 Å². The van der Waals surface area contributed by atoms with Gasteiger partial charge in [-0.25, -0.2) is 0 Å². The third-order valence-electron chi connectivity index (χ3n) is 4.43. The number of methoxy groups -OCH3 is 1. The predicted molar refractivity (Wildman–Crippen MR) is 73.1 cm³/mol. The van der Waals surface area contributed by atoms with E-state index in [0.717, 1.165) is 38.6 Å². The highest BCUT2D eigenvalue weighted by Crippen LogP contribution is 2.26. The Morgan fingerprint density at radius 3 is 2.84 bits per heavy atom. The average Bonchev–Trinajstić information content (AvgIpc) is 3.07. The maximum Gasteiger partial charge on any atom is 0.240 e. The van der Waals surface area contributed by atoms with Gasteiger partial charge in [0.25, 0.3) is 0 Å². The molecule has 0 aromatic rings. The van der Waals surface area contributed by atoms with Crippen LogP contribution in [0.25, 0.3) is 0 Å². The zero-order chi connectivity index (χ0) is 13.8. The van der Waals surface area contributed by atoms with Crippen LogP contribution in [-0.4, -0.2) is 50.5 Å². The van der Waals surface area contributed by atoms with Crippen LogP contribution in [0.2, 0.25) is 0 Å². The second kappa shape index (κ2) is 6.20. The summed E-state index contributed by atoms with van der Waals surface area (Å²) in [6.07, 6.45) is 4.77. The molecule has 2 N–H and O–H groups in total. The number of amides is 1. The van der Waals surface area contributed by atoms with E-state index >= 15 is 0 Å². The summed E-state index contributed by atoms with van der Waals surface area (Å²) in [5, 5.41) is 6.47. The smallest absolute Gasteiger partial charge is 0.240 e. The Bertz CT molecular complexity index is 308. The summed E-state index contributed by atoms with van der Waals surface area (Å²) in [5.74, 6) is 0.121. The summed E-state index contributed by atoms with van der Waals surface area (Å²) in [6.45, 7) is 4.87. The second-order valence-electron chi connectivity index (χ2n) is 5.73. The van der Waals surface area contributed by atoms with Crippen molar-refractivity contribution in [2.45, 2.75) is 50.2 Å². The summed E-state index contributed by atoms with van der Waals surface area (Å²) in [5.41, 5.74) is -0.690. The lowest BCUT2D eigenvalue weighted by atomic mass is 9.90. The Morgan fingerprint density at radius 2 is 2.32 bits per heavy atom. The predicted octanol–water partition coefficient (Wildman–Crippen LogP) is 0.830. The first kappa shape index (κ1) is 14.8. The molecular weight excluding hydrogens is 244 g/mol. The average molecular weight is 270 g/mol. The Kier molecular flexibility index (Phi) is 4.81. The maximum atomic E-state index is 12.5. The first-order valence-electron chi connectivity index (χ1n) is 7.33. The molecule has 2 aliphatic rings. The van der Waals surface area contributed by atoms with Gasteiger partial charge in [0, 0.05) is 26.7 Å². The molecule has 0 aliphatic carbocycles. The largest absolute Gasteiger partial charge is 0.378 e. The summed E-state index contributed by atoms with van der Waals surface area (Å²) in [4.78, 5) is 12.5. The zero-order valence-corrected chi connectivity index (χ0v) is 12.1. The number of ether oxygens (including phenoxy) is 2. The van der Waals surface area contributed by atoms with Crippen molar-refractivity contribution in [1.82, 2.24) is 10.6 Å². The third-order valence-corrected chi connectivity index (χ3v) is 4.43. The molecule has 2 saturated heterocycles. The fraction of sp³-hybridized carbons (Fsp3) is 0.929. The van der Waals surface area contributed by atoms with Gasteiger partial charge in [-0.05, 0) is 25.8 Å². The fourth-order valence-corrected chi connectivity index (χ4v) is 3.13. The fourth-order valence-electron chi connectivity index (χ4n) is 3.13. The molecule has 2 rings (SSSR count). The maximum absolute atomic E-state index is 12.5. The van der Waals surface area contributed by atoms with Crippen LogP contribution in [0.3, 0.4) is 0 Å². The van der Waals surface area contributed by atoms with E-state index in [4.69, 9.17) is 9.47 Å². The number of nitrogens with one attached hydrogen (secondary N) is 2. The van der Waals surface area contributed by atoms with Gasteiger partial charge < -0.3 is 20.1 Å². The molecule has 1 amide bonds. The molecule has 0 spiro atoms. The minimum atomic E-state index is -0.358. The van der Waals surface area contributed by atoms with Crippen molar-refractivity contribution < 1.29 is 14.3 Å².